The van der Waals surface area contributed by atoms with E-state index in [2.05, 4.69) is 24.1 Å². The fourth-order valence-corrected chi connectivity index (χ4v) is 7.33. The van der Waals surface area contributed by atoms with Gasteiger partial charge in [0.2, 0.25) is 0 Å². The van der Waals surface area contributed by atoms with E-state index in [0.29, 0.717) is 22.2 Å². The summed E-state index contributed by atoms with van der Waals surface area (Å²) in [6, 6.07) is 10.7. The van der Waals surface area contributed by atoms with Crippen LogP contribution in [0.4, 0.5) is 0 Å². The van der Waals surface area contributed by atoms with E-state index >= 15 is 0 Å². The van der Waals surface area contributed by atoms with Gasteiger partial charge in [0, 0.05) is 18.9 Å². The van der Waals surface area contributed by atoms with Gasteiger partial charge in [-0.15, -0.1) is 11.3 Å². The Labute approximate surface area is 181 Å². The number of rotatable bonds is 5. The molecule has 1 aliphatic carbocycles. The van der Waals surface area contributed by atoms with Gasteiger partial charge in [-0.3, -0.25) is 9.78 Å². The fourth-order valence-electron chi connectivity index (χ4n) is 4.21. The summed E-state index contributed by atoms with van der Waals surface area (Å²) in [4.78, 5) is 17.6. The standard InChI is InChI=1S/C23H26N2O3S2/c1-15-4-3-5-22(16(15)2)30(27,28)19-8-6-17(7-9-19)13-25-23(26)20-12-18-10-11-24-14-21(18)29-20/h6-12,14-16,22H,3-5,13H2,1-2H3,(H,25,26). The lowest BCUT2D eigenvalue weighted by molar-refractivity contribution is 0.0955. The number of nitrogens with one attached hydrogen (secondary N) is 1. The molecule has 1 amide bonds. The molecule has 0 aliphatic heterocycles. The number of aromatic nitrogens is 1. The fraction of sp³-hybridized carbons (Fsp3) is 0.391. The van der Waals surface area contributed by atoms with Gasteiger partial charge in [0.1, 0.15) is 0 Å². The minimum Gasteiger partial charge on any atom is -0.347 e. The molecule has 30 heavy (non-hydrogen) atoms. The largest absolute Gasteiger partial charge is 0.347 e. The van der Waals surface area contributed by atoms with Gasteiger partial charge in [-0.2, -0.15) is 0 Å². The molecule has 4 rings (SSSR count). The van der Waals surface area contributed by atoms with E-state index < -0.39 is 9.84 Å². The van der Waals surface area contributed by atoms with Crippen molar-refractivity contribution in [1.29, 1.82) is 0 Å². The lowest BCUT2D eigenvalue weighted by Crippen LogP contribution is -2.35. The van der Waals surface area contributed by atoms with Crippen LogP contribution in [0.25, 0.3) is 10.1 Å². The Morgan fingerprint density at radius 2 is 1.93 bits per heavy atom. The van der Waals surface area contributed by atoms with Crippen LogP contribution in [0.1, 0.15) is 48.3 Å². The Morgan fingerprint density at radius 1 is 1.17 bits per heavy atom. The molecule has 0 spiro atoms. The summed E-state index contributed by atoms with van der Waals surface area (Å²) < 4.78 is 27.2. The molecule has 1 N–H and O–H groups in total. The zero-order valence-corrected chi connectivity index (χ0v) is 18.8. The topological polar surface area (TPSA) is 76.1 Å². The van der Waals surface area contributed by atoms with Gasteiger partial charge >= 0.3 is 0 Å². The monoisotopic (exact) mass is 442 g/mol. The van der Waals surface area contributed by atoms with E-state index in [1.54, 1.807) is 36.7 Å². The molecule has 0 saturated heterocycles. The smallest absolute Gasteiger partial charge is 0.261 e. The number of amides is 1. The third kappa shape index (κ3) is 4.14. The number of hydrogen-bond acceptors (Lipinski definition) is 5. The van der Waals surface area contributed by atoms with E-state index in [0.717, 1.165) is 34.9 Å². The van der Waals surface area contributed by atoms with Crippen LogP contribution in [0, 0.1) is 11.8 Å². The van der Waals surface area contributed by atoms with Crippen molar-refractivity contribution in [2.75, 3.05) is 0 Å². The molecule has 2 heterocycles. The molecule has 1 saturated carbocycles. The highest BCUT2D eigenvalue weighted by Crippen LogP contribution is 2.36. The highest BCUT2D eigenvalue weighted by molar-refractivity contribution is 7.92. The molecule has 0 bridgehead atoms. The summed E-state index contributed by atoms with van der Waals surface area (Å²) in [5.41, 5.74) is 0.870. The number of nitrogens with zero attached hydrogens (tertiary/aromatic N) is 1. The van der Waals surface area contributed by atoms with Gasteiger partial charge < -0.3 is 5.32 Å². The highest BCUT2D eigenvalue weighted by atomic mass is 32.2. The van der Waals surface area contributed by atoms with Crippen molar-refractivity contribution in [3.63, 3.8) is 0 Å². The van der Waals surface area contributed by atoms with E-state index in [4.69, 9.17) is 0 Å². The Kier molecular flexibility index (Phi) is 5.93. The molecule has 3 unspecified atom stereocenters. The van der Waals surface area contributed by atoms with Crippen molar-refractivity contribution in [3.05, 3.63) is 59.2 Å². The molecule has 3 aromatic rings. The number of thiophene rings is 1. The average molecular weight is 443 g/mol. The Balaban J connectivity index is 1.42. The first kappa shape index (κ1) is 21.0. The van der Waals surface area contributed by atoms with E-state index in [9.17, 15) is 13.2 Å². The van der Waals surface area contributed by atoms with Gasteiger partial charge in [0.05, 0.1) is 19.7 Å². The molecule has 1 aromatic carbocycles. The van der Waals surface area contributed by atoms with Crippen molar-refractivity contribution in [1.82, 2.24) is 10.3 Å². The number of sulfone groups is 1. The van der Waals surface area contributed by atoms with Crippen molar-refractivity contribution in [2.24, 2.45) is 11.8 Å². The molecular weight excluding hydrogens is 416 g/mol. The SMILES string of the molecule is CC1CCCC(S(=O)(=O)c2ccc(CNC(=O)c3cc4ccncc4s3)cc2)C1C. The lowest BCUT2D eigenvalue weighted by atomic mass is 9.81. The van der Waals surface area contributed by atoms with E-state index in [1.165, 1.54) is 11.3 Å². The molecule has 2 aromatic heterocycles. The maximum Gasteiger partial charge on any atom is 0.261 e. The second kappa shape index (κ2) is 8.47. The second-order valence-electron chi connectivity index (χ2n) is 8.20. The molecule has 3 atom stereocenters. The van der Waals surface area contributed by atoms with E-state index in [1.807, 2.05) is 12.1 Å². The van der Waals surface area contributed by atoms with Crippen LogP contribution in [0.15, 0.2) is 53.7 Å². The number of pyridine rings is 1. The van der Waals surface area contributed by atoms with Gasteiger partial charge in [-0.05, 0) is 53.5 Å². The molecule has 158 valence electrons. The van der Waals surface area contributed by atoms with Gasteiger partial charge in [-0.25, -0.2) is 8.42 Å². The zero-order valence-electron chi connectivity index (χ0n) is 17.2. The van der Waals surface area contributed by atoms with Gasteiger partial charge in [-0.1, -0.05) is 38.8 Å². The van der Waals surface area contributed by atoms with Crippen LogP contribution in [0.2, 0.25) is 0 Å². The number of carbonyl (C=O) groups excluding carboxylic acids is 1. The van der Waals surface area contributed by atoms with Crippen LogP contribution in [0.3, 0.4) is 0 Å². The predicted molar refractivity (Wildman–Crippen MR) is 120 cm³/mol. The maximum absolute atomic E-state index is 13.1. The number of hydrogen-bond donors (Lipinski definition) is 1. The molecule has 1 aliphatic rings. The van der Waals surface area contributed by atoms with Gasteiger partial charge in [0.15, 0.2) is 9.84 Å². The molecule has 7 heteroatoms. The Hall–Kier alpha value is -2.25. The van der Waals surface area contributed by atoms with Crippen LogP contribution in [-0.4, -0.2) is 24.6 Å². The summed E-state index contributed by atoms with van der Waals surface area (Å²) >= 11 is 1.41. The summed E-state index contributed by atoms with van der Waals surface area (Å²) in [6.07, 6.45) is 6.26. The third-order valence-electron chi connectivity index (χ3n) is 6.28. The van der Waals surface area contributed by atoms with Crippen molar-refractivity contribution >= 4 is 37.2 Å². The lowest BCUT2D eigenvalue weighted by Gasteiger charge is -2.33. The molecule has 1 fully saturated rings. The first-order valence-corrected chi connectivity index (χ1v) is 12.7. The summed E-state index contributed by atoms with van der Waals surface area (Å²) in [5, 5.41) is 3.60. The van der Waals surface area contributed by atoms with Crippen LogP contribution >= 0.6 is 11.3 Å². The zero-order chi connectivity index (χ0) is 21.3. The van der Waals surface area contributed by atoms with Crippen LogP contribution in [0.5, 0.6) is 0 Å². The summed E-state index contributed by atoms with van der Waals surface area (Å²) in [6.45, 7) is 4.55. The normalized spacial score (nSPS) is 22.1. The first-order valence-electron chi connectivity index (χ1n) is 10.3. The first-order chi connectivity index (χ1) is 14.4. The molecule has 0 radical (unpaired) electrons. The number of carbonyl (C=O) groups is 1. The van der Waals surface area contributed by atoms with Gasteiger partial charge in [0.25, 0.3) is 5.91 Å². The number of fused-ring (bicyclic) bond motifs is 1. The van der Waals surface area contributed by atoms with Crippen molar-refractivity contribution in [2.45, 2.75) is 49.8 Å². The second-order valence-corrected chi connectivity index (χ2v) is 11.5. The average Bonchev–Trinajstić information content (AvgIpc) is 3.18. The minimum atomic E-state index is -3.34. The maximum atomic E-state index is 13.1. The van der Waals surface area contributed by atoms with Crippen LogP contribution < -0.4 is 5.32 Å². The quantitative estimate of drug-likeness (QED) is 0.614. The summed E-state index contributed by atoms with van der Waals surface area (Å²) in [7, 11) is -3.34. The van der Waals surface area contributed by atoms with Crippen LogP contribution in [-0.2, 0) is 16.4 Å². The predicted octanol–water partition coefficient (Wildman–Crippen LogP) is 4.82. The Morgan fingerprint density at radius 3 is 2.67 bits per heavy atom. The van der Waals surface area contributed by atoms with E-state index in [-0.39, 0.29) is 17.1 Å². The minimum absolute atomic E-state index is 0.141. The van der Waals surface area contributed by atoms with Crippen molar-refractivity contribution in [3.8, 4) is 0 Å². The summed E-state index contributed by atoms with van der Waals surface area (Å²) in [5.74, 6) is 0.454. The highest BCUT2D eigenvalue weighted by Gasteiger charge is 2.37. The molecule has 5 nitrogen and oxygen atoms in total. The Bertz CT molecular complexity index is 1120. The number of benzene rings is 1. The third-order valence-corrected chi connectivity index (χ3v) is 9.76. The molecular formula is C23H26N2O3S2. The van der Waals surface area contributed by atoms with Crippen molar-refractivity contribution < 1.29 is 13.2 Å².